The van der Waals surface area contributed by atoms with Gasteiger partial charge in [0.05, 0.1) is 17.1 Å². The van der Waals surface area contributed by atoms with Crippen molar-refractivity contribution in [1.29, 1.82) is 0 Å². The lowest BCUT2D eigenvalue weighted by Gasteiger charge is -2.08. The number of carbonyl (C=O) groups excluding carboxylic acids is 1. The van der Waals surface area contributed by atoms with E-state index in [4.69, 9.17) is 16.3 Å². The van der Waals surface area contributed by atoms with Crippen LogP contribution in [0.1, 0.15) is 19.0 Å². The van der Waals surface area contributed by atoms with Crippen LogP contribution in [0.25, 0.3) is 10.9 Å². The molecule has 0 N–H and O–H groups in total. The Morgan fingerprint density at radius 2 is 2.18 bits per heavy atom. The second-order valence-electron chi connectivity index (χ2n) is 3.59. The summed E-state index contributed by atoms with van der Waals surface area (Å²) < 4.78 is 5.21. The fourth-order valence-electron chi connectivity index (χ4n) is 1.52. The van der Waals surface area contributed by atoms with E-state index in [1.807, 2.05) is 24.3 Å². The van der Waals surface area contributed by atoms with Crippen molar-refractivity contribution in [2.75, 3.05) is 0 Å². The lowest BCUT2D eigenvalue weighted by molar-refractivity contribution is -0.134. The molecule has 1 aromatic heterocycles. The van der Waals surface area contributed by atoms with Crippen molar-refractivity contribution in [3.63, 3.8) is 0 Å². The van der Waals surface area contributed by atoms with Crippen molar-refractivity contribution in [2.24, 2.45) is 0 Å². The zero-order valence-electron chi connectivity index (χ0n) is 9.44. The average Bonchev–Trinajstić information content (AvgIpc) is 2.37. The van der Waals surface area contributed by atoms with Crippen LogP contribution in [0.2, 0.25) is 0 Å². The van der Waals surface area contributed by atoms with E-state index >= 15 is 0 Å². The molecule has 0 fully saturated rings. The molecule has 88 valence electrons. The normalized spacial score (nSPS) is 10.5. The number of esters is 1. The highest BCUT2D eigenvalue weighted by Crippen LogP contribution is 2.24. The van der Waals surface area contributed by atoms with Crippen LogP contribution in [0.3, 0.4) is 0 Å². The van der Waals surface area contributed by atoms with Crippen molar-refractivity contribution in [2.45, 2.75) is 19.2 Å². The standard InChI is InChI=1S/C13H12ClNO2/c1-2-13(16)17-12-7-9-5-3-4-6-10(9)15-11(12)8-14/h3-7H,2,8H2,1H3. The maximum absolute atomic E-state index is 11.3. The van der Waals surface area contributed by atoms with Gasteiger partial charge >= 0.3 is 5.97 Å². The summed E-state index contributed by atoms with van der Waals surface area (Å²) in [6.45, 7) is 1.75. The van der Waals surface area contributed by atoms with Gasteiger partial charge in [0.2, 0.25) is 0 Å². The SMILES string of the molecule is CCC(=O)Oc1cc2ccccc2nc1CCl. The Kier molecular flexibility index (Phi) is 3.59. The second-order valence-corrected chi connectivity index (χ2v) is 3.85. The largest absolute Gasteiger partial charge is 0.425 e. The van der Waals surface area contributed by atoms with Crippen LogP contribution in [0.15, 0.2) is 30.3 Å². The molecular weight excluding hydrogens is 238 g/mol. The van der Waals surface area contributed by atoms with E-state index < -0.39 is 0 Å². The number of alkyl halides is 1. The number of halogens is 1. The van der Waals surface area contributed by atoms with E-state index in [0.717, 1.165) is 10.9 Å². The number of ether oxygens (including phenoxy) is 1. The summed E-state index contributed by atoms with van der Waals surface area (Å²) in [5.41, 5.74) is 1.44. The Bertz CT molecular complexity index is 554. The van der Waals surface area contributed by atoms with Crippen molar-refractivity contribution in [1.82, 2.24) is 4.98 Å². The molecule has 0 amide bonds. The third-order valence-electron chi connectivity index (χ3n) is 2.40. The molecule has 0 spiro atoms. The monoisotopic (exact) mass is 249 g/mol. The maximum Gasteiger partial charge on any atom is 0.310 e. The Morgan fingerprint density at radius 1 is 1.41 bits per heavy atom. The molecule has 0 aliphatic heterocycles. The fourth-order valence-corrected chi connectivity index (χ4v) is 1.71. The summed E-state index contributed by atoms with van der Waals surface area (Å²) in [7, 11) is 0. The maximum atomic E-state index is 11.3. The molecule has 2 rings (SSSR count). The number of benzene rings is 1. The van der Waals surface area contributed by atoms with E-state index in [0.29, 0.717) is 17.9 Å². The van der Waals surface area contributed by atoms with E-state index in [-0.39, 0.29) is 11.8 Å². The zero-order valence-corrected chi connectivity index (χ0v) is 10.2. The summed E-state index contributed by atoms with van der Waals surface area (Å²) in [6.07, 6.45) is 0.328. The Labute approximate surface area is 104 Å². The average molecular weight is 250 g/mol. The quantitative estimate of drug-likeness (QED) is 0.619. The van der Waals surface area contributed by atoms with E-state index in [2.05, 4.69) is 4.98 Å². The van der Waals surface area contributed by atoms with Gasteiger partial charge in [-0.3, -0.25) is 4.79 Å². The van der Waals surface area contributed by atoms with Gasteiger partial charge in [-0.2, -0.15) is 0 Å². The molecule has 0 saturated heterocycles. The molecule has 0 bridgehead atoms. The van der Waals surface area contributed by atoms with Gasteiger partial charge in [0, 0.05) is 11.8 Å². The van der Waals surface area contributed by atoms with Crippen LogP contribution >= 0.6 is 11.6 Å². The predicted octanol–water partition coefficient (Wildman–Crippen LogP) is 3.29. The van der Waals surface area contributed by atoms with Crippen LogP contribution in [0, 0.1) is 0 Å². The number of pyridine rings is 1. The minimum Gasteiger partial charge on any atom is -0.425 e. The molecule has 4 heteroatoms. The molecule has 0 saturated carbocycles. The molecule has 1 aromatic carbocycles. The summed E-state index contributed by atoms with van der Waals surface area (Å²) in [5, 5.41) is 0.931. The van der Waals surface area contributed by atoms with Crippen LogP contribution in [-0.4, -0.2) is 11.0 Å². The van der Waals surface area contributed by atoms with Gasteiger partial charge in [-0.05, 0) is 12.1 Å². The van der Waals surface area contributed by atoms with Crippen LogP contribution in [0.5, 0.6) is 5.75 Å². The minimum absolute atomic E-state index is 0.219. The number of hydrogen-bond acceptors (Lipinski definition) is 3. The smallest absolute Gasteiger partial charge is 0.310 e. The number of para-hydroxylation sites is 1. The topological polar surface area (TPSA) is 39.2 Å². The molecular formula is C13H12ClNO2. The highest BCUT2D eigenvalue weighted by atomic mass is 35.5. The summed E-state index contributed by atoms with van der Waals surface area (Å²) in [5.74, 6) is 0.385. The Hall–Kier alpha value is -1.61. The Morgan fingerprint density at radius 3 is 2.88 bits per heavy atom. The number of rotatable bonds is 3. The van der Waals surface area contributed by atoms with Gasteiger partial charge in [0.1, 0.15) is 0 Å². The van der Waals surface area contributed by atoms with Crippen molar-refractivity contribution in [3.8, 4) is 5.75 Å². The number of nitrogens with zero attached hydrogens (tertiary/aromatic N) is 1. The van der Waals surface area contributed by atoms with Crippen molar-refractivity contribution >= 4 is 28.5 Å². The lowest BCUT2D eigenvalue weighted by atomic mass is 10.2. The van der Waals surface area contributed by atoms with Gasteiger partial charge < -0.3 is 4.74 Å². The first-order valence-electron chi connectivity index (χ1n) is 5.40. The molecule has 0 aliphatic carbocycles. The number of hydrogen-bond donors (Lipinski definition) is 0. The van der Waals surface area contributed by atoms with Crippen molar-refractivity contribution < 1.29 is 9.53 Å². The van der Waals surface area contributed by atoms with E-state index in [1.165, 1.54) is 0 Å². The van der Waals surface area contributed by atoms with Gasteiger partial charge in [-0.1, -0.05) is 25.1 Å². The zero-order chi connectivity index (χ0) is 12.3. The van der Waals surface area contributed by atoms with Gasteiger partial charge in [-0.15, -0.1) is 11.6 Å². The molecule has 3 nitrogen and oxygen atoms in total. The van der Waals surface area contributed by atoms with Crippen LogP contribution in [-0.2, 0) is 10.7 Å². The van der Waals surface area contributed by atoms with E-state index in [9.17, 15) is 4.79 Å². The molecule has 2 aromatic rings. The molecule has 1 heterocycles. The third kappa shape index (κ3) is 2.56. The van der Waals surface area contributed by atoms with Gasteiger partial charge in [-0.25, -0.2) is 4.98 Å². The number of fused-ring (bicyclic) bond motifs is 1. The van der Waals surface area contributed by atoms with Crippen LogP contribution in [0.4, 0.5) is 0 Å². The Balaban J connectivity index is 2.49. The molecule has 0 aliphatic rings. The predicted molar refractivity (Wildman–Crippen MR) is 67.2 cm³/mol. The highest BCUT2D eigenvalue weighted by Gasteiger charge is 2.10. The first-order valence-corrected chi connectivity index (χ1v) is 5.93. The highest BCUT2D eigenvalue weighted by molar-refractivity contribution is 6.17. The first-order chi connectivity index (χ1) is 8.24. The van der Waals surface area contributed by atoms with E-state index in [1.54, 1.807) is 13.0 Å². The van der Waals surface area contributed by atoms with Crippen molar-refractivity contribution in [3.05, 3.63) is 36.0 Å². The number of carbonyl (C=O) groups is 1. The molecule has 0 atom stereocenters. The molecule has 17 heavy (non-hydrogen) atoms. The fraction of sp³-hybridized carbons (Fsp3) is 0.231. The van der Waals surface area contributed by atoms with Gasteiger partial charge in [0.15, 0.2) is 5.75 Å². The van der Waals surface area contributed by atoms with Crippen LogP contribution < -0.4 is 4.74 Å². The molecule has 0 radical (unpaired) electrons. The molecule has 0 unspecified atom stereocenters. The lowest BCUT2D eigenvalue weighted by Crippen LogP contribution is -2.08. The summed E-state index contributed by atoms with van der Waals surface area (Å²) >= 11 is 5.81. The summed E-state index contributed by atoms with van der Waals surface area (Å²) in [4.78, 5) is 15.7. The number of aromatic nitrogens is 1. The second kappa shape index (κ2) is 5.15. The third-order valence-corrected chi connectivity index (χ3v) is 2.66. The summed E-state index contributed by atoms with van der Waals surface area (Å²) in [6, 6.07) is 9.44. The van der Waals surface area contributed by atoms with Gasteiger partial charge in [0.25, 0.3) is 0 Å². The minimum atomic E-state index is -0.284. The first kappa shape index (κ1) is 11.9.